The summed E-state index contributed by atoms with van der Waals surface area (Å²) in [6, 6.07) is 15.8. The summed E-state index contributed by atoms with van der Waals surface area (Å²) in [6.07, 6.45) is 0. The third-order valence-corrected chi connectivity index (χ3v) is 5.33. The van der Waals surface area contributed by atoms with Crippen LogP contribution in [0.5, 0.6) is 0 Å². The molecule has 6 heteroatoms. The molecule has 2 N–H and O–H groups in total. The molecule has 2 aromatic carbocycles. The molecule has 5 nitrogen and oxygen atoms in total. The highest BCUT2D eigenvalue weighted by Crippen LogP contribution is 2.25. The van der Waals surface area contributed by atoms with E-state index >= 15 is 0 Å². The number of carbonyl (C=O) groups is 3. The summed E-state index contributed by atoms with van der Waals surface area (Å²) in [5.41, 5.74) is 3.10. The normalized spacial score (nSPS) is 10.6. The van der Waals surface area contributed by atoms with Gasteiger partial charge in [-0.15, -0.1) is 11.3 Å². The van der Waals surface area contributed by atoms with E-state index in [4.69, 9.17) is 0 Å². The Bertz CT molecular complexity index is 1050. The largest absolute Gasteiger partial charge is 0.322 e. The van der Waals surface area contributed by atoms with Crippen LogP contribution in [0.15, 0.2) is 60.0 Å². The first-order valence-corrected chi connectivity index (χ1v) is 10.1. The van der Waals surface area contributed by atoms with E-state index in [0.717, 1.165) is 5.56 Å². The van der Waals surface area contributed by atoms with Crippen molar-refractivity contribution in [3.05, 3.63) is 82.2 Å². The number of ketones is 1. The van der Waals surface area contributed by atoms with Crippen LogP contribution >= 0.6 is 11.3 Å². The van der Waals surface area contributed by atoms with Crippen LogP contribution in [0.2, 0.25) is 0 Å². The fourth-order valence-corrected chi connectivity index (χ4v) is 3.57. The molecule has 1 aromatic heterocycles. The quantitative estimate of drug-likeness (QED) is 0.525. The van der Waals surface area contributed by atoms with Crippen LogP contribution in [-0.2, 0) is 0 Å². The molecule has 1 heterocycles. The SMILES string of the molecule is CC(=O)c1cccc(NC(=O)c2ccsc2NC(=O)c2ccc(C(C)C)cc2)c1. The number of thiophene rings is 1. The molecule has 0 atom stereocenters. The fourth-order valence-electron chi connectivity index (χ4n) is 2.79. The maximum absolute atomic E-state index is 12.7. The second kappa shape index (κ2) is 8.84. The molecular weight excluding hydrogens is 384 g/mol. The van der Waals surface area contributed by atoms with E-state index in [1.807, 2.05) is 12.1 Å². The highest BCUT2D eigenvalue weighted by Gasteiger charge is 2.16. The Morgan fingerprint density at radius 3 is 2.24 bits per heavy atom. The average Bonchev–Trinajstić information content (AvgIpc) is 3.16. The maximum Gasteiger partial charge on any atom is 0.258 e. The Hall–Kier alpha value is -3.25. The van der Waals surface area contributed by atoms with Gasteiger partial charge in [0.05, 0.1) is 5.56 Å². The average molecular weight is 407 g/mol. The maximum atomic E-state index is 12.7. The molecule has 0 unspecified atom stereocenters. The van der Waals surface area contributed by atoms with Gasteiger partial charge < -0.3 is 10.6 Å². The summed E-state index contributed by atoms with van der Waals surface area (Å²) in [5, 5.41) is 7.82. The van der Waals surface area contributed by atoms with E-state index in [-0.39, 0.29) is 17.6 Å². The van der Waals surface area contributed by atoms with Gasteiger partial charge in [0.25, 0.3) is 11.8 Å². The minimum Gasteiger partial charge on any atom is -0.322 e. The lowest BCUT2D eigenvalue weighted by Gasteiger charge is -2.09. The van der Waals surface area contributed by atoms with Crippen LogP contribution in [0.3, 0.4) is 0 Å². The Labute approximate surface area is 173 Å². The molecular formula is C23H22N2O3S. The molecule has 0 radical (unpaired) electrons. The highest BCUT2D eigenvalue weighted by atomic mass is 32.1. The van der Waals surface area contributed by atoms with Crippen molar-refractivity contribution in [1.82, 2.24) is 0 Å². The van der Waals surface area contributed by atoms with Gasteiger partial charge in [-0.25, -0.2) is 0 Å². The molecule has 0 aliphatic carbocycles. The fraction of sp³-hybridized carbons (Fsp3) is 0.174. The van der Waals surface area contributed by atoms with E-state index in [1.54, 1.807) is 47.8 Å². The van der Waals surface area contributed by atoms with Gasteiger partial charge in [0.2, 0.25) is 0 Å². The lowest BCUT2D eigenvalue weighted by molar-refractivity contribution is 0.100. The Morgan fingerprint density at radius 2 is 1.59 bits per heavy atom. The summed E-state index contributed by atoms with van der Waals surface area (Å²) < 4.78 is 0. The number of hydrogen-bond acceptors (Lipinski definition) is 4. The van der Waals surface area contributed by atoms with Crippen LogP contribution in [0.1, 0.15) is 63.3 Å². The molecule has 0 aliphatic heterocycles. The molecule has 2 amide bonds. The van der Waals surface area contributed by atoms with Crippen LogP contribution in [-0.4, -0.2) is 17.6 Å². The van der Waals surface area contributed by atoms with Crippen molar-refractivity contribution in [2.24, 2.45) is 0 Å². The second-order valence-electron chi connectivity index (χ2n) is 6.99. The van der Waals surface area contributed by atoms with Crippen molar-refractivity contribution in [3.8, 4) is 0 Å². The summed E-state index contributed by atoms with van der Waals surface area (Å²) >= 11 is 1.28. The van der Waals surface area contributed by atoms with E-state index in [9.17, 15) is 14.4 Å². The predicted molar refractivity (Wildman–Crippen MR) is 117 cm³/mol. The van der Waals surface area contributed by atoms with Gasteiger partial charge in [-0.05, 0) is 54.1 Å². The monoisotopic (exact) mass is 406 g/mol. The number of amides is 2. The summed E-state index contributed by atoms with van der Waals surface area (Å²) in [5.74, 6) is -0.304. The predicted octanol–water partition coefficient (Wildman–Crippen LogP) is 5.58. The van der Waals surface area contributed by atoms with Crippen molar-refractivity contribution in [1.29, 1.82) is 0 Å². The summed E-state index contributed by atoms with van der Waals surface area (Å²) in [7, 11) is 0. The van der Waals surface area contributed by atoms with Gasteiger partial charge >= 0.3 is 0 Å². The Morgan fingerprint density at radius 1 is 0.862 bits per heavy atom. The van der Waals surface area contributed by atoms with Crippen molar-refractivity contribution in [2.45, 2.75) is 26.7 Å². The van der Waals surface area contributed by atoms with E-state index in [0.29, 0.717) is 33.3 Å². The molecule has 0 saturated carbocycles. The van der Waals surface area contributed by atoms with E-state index in [2.05, 4.69) is 24.5 Å². The molecule has 0 fully saturated rings. The molecule has 3 aromatic rings. The second-order valence-corrected chi connectivity index (χ2v) is 7.90. The molecule has 0 aliphatic rings. The zero-order chi connectivity index (χ0) is 21.0. The van der Waals surface area contributed by atoms with Crippen molar-refractivity contribution >= 4 is 39.6 Å². The van der Waals surface area contributed by atoms with Gasteiger partial charge in [-0.3, -0.25) is 14.4 Å². The smallest absolute Gasteiger partial charge is 0.258 e. The number of rotatable bonds is 6. The molecule has 3 rings (SSSR count). The lowest BCUT2D eigenvalue weighted by atomic mass is 10.0. The van der Waals surface area contributed by atoms with Crippen LogP contribution in [0.4, 0.5) is 10.7 Å². The first kappa shape index (κ1) is 20.5. The molecule has 29 heavy (non-hydrogen) atoms. The number of benzene rings is 2. The van der Waals surface area contributed by atoms with Gasteiger partial charge in [0.15, 0.2) is 5.78 Å². The van der Waals surface area contributed by atoms with E-state index < -0.39 is 0 Å². The van der Waals surface area contributed by atoms with Gasteiger partial charge in [-0.1, -0.05) is 38.1 Å². The number of hydrogen-bond donors (Lipinski definition) is 2. The summed E-state index contributed by atoms with van der Waals surface area (Å²) in [6.45, 7) is 5.66. The number of nitrogens with one attached hydrogen (secondary N) is 2. The van der Waals surface area contributed by atoms with Gasteiger partial charge in [0, 0.05) is 16.8 Å². The standard InChI is InChI=1S/C23H22N2O3S/c1-14(2)16-7-9-17(10-8-16)21(27)25-23-20(11-12-29-23)22(28)24-19-6-4-5-18(13-19)15(3)26/h4-14H,1-3H3,(H,24,28)(H,25,27). The number of anilines is 2. The van der Waals surface area contributed by atoms with E-state index in [1.165, 1.54) is 18.3 Å². The Balaban J connectivity index is 1.73. The third kappa shape index (κ3) is 4.97. The third-order valence-electron chi connectivity index (χ3n) is 4.50. The molecule has 0 spiro atoms. The Kier molecular flexibility index (Phi) is 6.24. The first-order valence-electron chi connectivity index (χ1n) is 9.26. The van der Waals surface area contributed by atoms with Gasteiger partial charge in [-0.2, -0.15) is 0 Å². The number of Topliss-reactive ketones (excluding diaryl/α,β-unsaturated/α-hetero) is 1. The van der Waals surface area contributed by atoms with Crippen molar-refractivity contribution in [2.75, 3.05) is 10.6 Å². The minimum absolute atomic E-state index is 0.0759. The minimum atomic E-state index is -0.350. The van der Waals surface area contributed by atoms with Crippen LogP contribution in [0.25, 0.3) is 0 Å². The van der Waals surface area contributed by atoms with Gasteiger partial charge in [0.1, 0.15) is 5.00 Å². The van der Waals surface area contributed by atoms with Crippen molar-refractivity contribution < 1.29 is 14.4 Å². The molecule has 0 bridgehead atoms. The number of carbonyl (C=O) groups excluding carboxylic acids is 3. The van der Waals surface area contributed by atoms with Crippen molar-refractivity contribution in [3.63, 3.8) is 0 Å². The van der Waals surface area contributed by atoms with Crippen LogP contribution < -0.4 is 10.6 Å². The van der Waals surface area contributed by atoms with Crippen LogP contribution in [0, 0.1) is 0 Å². The highest BCUT2D eigenvalue weighted by molar-refractivity contribution is 7.14. The molecule has 148 valence electrons. The molecule has 0 saturated heterocycles. The zero-order valence-electron chi connectivity index (χ0n) is 16.5. The topological polar surface area (TPSA) is 75.3 Å². The zero-order valence-corrected chi connectivity index (χ0v) is 17.3. The first-order chi connectivity index (χ1) is 13.8. The summed E-state index contributed by atoms with van der Waals surface area (Å²) in [4.78, 5) is 36.8. The lowest BCUT2D eigenvalue weighted by Crippen LogP contribution is -2.16.